The molecule has 0 saturated carbocycles. The predicted octanol–water partition coefficient (Wildman–Crippen LogP) is 2.36. The molecular formula is C12H13FN4. The summed E-state index contributed by atoms with van der Waals surface area (Å²) in [5, 5.41) is 7.72. The molecule has 0 aliphatic heterocycles. The number of benzene rings is 1. The van der Waals surface area contributed by atoms with Gasteiger partial charge in [0.1, 0.15) is 11.6 Å². The van der Waals surface area contributed by atoms with Gasteiger partial charge in [-0.2, -0.15) is 0 Å². The van der Waals surface area contributed by atoms with Crippen LogP contribution in [0, 0.1) is 5.82 Å². The molecule has 1 heterocycles. The molecule has 0 unspecified atom stereocenters. The molecule has 2 rings (SSSR count). The quantitative estimate of drug-likeness (QED) is 0.882. The van der Waals surface area contributed by atoms with Gasteiger partial charge in [-0.25, -0.2) is 4.39 Å². The predicted molar refractivity (Wildman–Crippen MR) is 65.5 cm³/mol. The molecule has 88 valence electrons. The fraction of sp³-hybridized carbons (Fsp3) is 0.167. The Balaban J connectivity index is 2.40. The van der Waals surface area contributed by atoms with Crippen LogP contribution in [0.2, 0.25) is 0 Å². The van der Waals surface area contributed by atoms with Gasteiger partial charge >= 0.3 is 0 Å². The molecule has 0 aliphatic rings. The van der Waals surface area contributed by atoms with Crippen molar-refractivity contribution in [1.82, 2.24) is 10.2 Å². The van der Waals surface area contributed by atoms with E-state index in [-0.39, 0.29) is 5.82 Å². The van der Waals surface area contributed by atoms with Gasteiger partial charge in [0.05, 0.1) is 5.69 Å². The van der Waals surface area contributed by atoms with Crippen molar-refractivity contribution >= 4 is 17.3 Å². The van der Waals surface area contributed by atoms with Crippen molar-refractivity contribution in [3.05, 3.63) is 42.2 Å². The molecule has 0 bridgehead atoms. The highest BCUT2D eigenvalue weighted by Crippen LogP contribution is 2.25. The van der Waals surface area contributed by atoms with Crippen molar-refractivity contribution in [2.24, 2.45) is 0 Å². The summed E-state index contributed by atoms with van der Waals surface area (Å²) in [6, 6.07) is 9.93. The number of hydrogen-bond donors (Lipinski definition) is 1. The number of aromatic nitrogens is 2. The van der Waals surface area contributed by atoms with Gasteiger partial charge in [-0.15, -0.1) is 10.2 Å². The van der Waals surface area contributed by atoms with Gasteiger partial charge in [0, 0.05) is 6.54 Å². The Morgan fingerprint density at radius 3 is 2.53 bits per heavy atom. The first-order valence-electron chi connectivity index (χ1n) is 5.33. The number of nitrogen functional groups attached to an aromatic ring is 1. The van der Waals surface area contributed by atoms with Gasteiger partial charge < -0.3 is 10.6 Å². The lowest BCUT2D eigenvalue weighted by Crippen LogP contribution is -2.19. The van der Waals surface area contributed by atoms with Crippen molar-refractivity contribution in [3.63, 3.8) is 0 Å². The first-order valence-corrected chi connectivity index (χ1v) is 5.33. The van der Waals surface area contributed by atoms with E-state index in [0.717, 1.165) is 0 Å². The summed E-state index contributed by atoms with van der Waals surface area (Å²) in [6.07, 6.45) is 0. The highest BCUT2D eigenvalue weighted by Gasteiger charge is 2.12. The second-order valence-corrected chi connectivity index (χ2v) is 3.51. The Morgan fingerprint density at radius 2 is 1.94 bits per heavy atom. The minimum atomic E-state index is -0.284. The van der Waals surface area contributed by atoms with Gasteiger partial charge in [0.2, 0.25) is 0 Å². The van der Waals surface area contributed by atoms with Crippen LogP contribution in [0.1, 0.15) is 6.92 Å². The van der Waals surface area contributed by atoms with Gasteiger partial charge in [0.25, 0.3) is 0 Å². The zero-order chi connectivity index (χ0) is 12.3. The fourth-order valence-electron chi connectivity index (χ4n) is 1.61. The average Bonchev–Trinajstić information content (AvgIpc) is 2.35. The summed E-state index contributed by atoms with van der Waals surface area (Å²) in [5.41, 5.74) is 5.95. The number of anilines is 3. The van der Waals surface area contributed by atoms with E-state index in [1.165, 1.54) is 6.07 Å². The average molecular weight is 232 g/mol. The summed E-state index contributed by atoms with van der Waals surface area (Å²) in [6.45, 7) is 2.52. The standard InChI is InChI=1S/C12H13FN4/c1-2-17(10-6-4-3-5-9(10)13)12-8-7-11(14)15-16-12/h3-8H,2H2,1H3,(H2,14,15). The maximum absolute atomic E-state index is 13.7. The molecule has 0 radical (unpaired) electrons. The smallest absolute Gasteiger partial charge is 0.155 e. The Labute approximate surface area is 98.9 Å². The van der Waals surface area contributed by atoms with Gasteiger partial charge in [-0.05, 0) is 31.2 Å². The maximum atomic E-state index is 13.7. The molecule has 1 aromatic carbocycles. The molecule has 0 atom stereocenters. The zero-order valence-electron chi connectivity index (χ0n) is 9.47. The van der Waals surface area contributed by atoms with E-state index in [1.54, 1.807) is 35.2 Å². The lowest BCUT2D eigenvalue weighted by Gasteiger charge is -2.21. The zero-order valence-corrected chi connectivity index (χ0v) is 9.47. The van der Waals surface area contributed by atoms with E-state index in [4.69, 9.17) is 5.73 Å². The summed E-state index contributed by atoms with van der Waals surface area (Å²) in [5.74, 6) is 0.637. The molecule has 1 aromatic heterocycles. The number of halogens is 1. The fourth-order valence-corrected chi connectivity index (χ4v) is 1.61. The highest BCUT2D eigenvalue weighted by molar-refractivity contribution is 5.60. The van der Waals surface area contributed by atoms with Crippen molar-refractivity contribution in [3.8, 4) is 0 Å². The second-order valence-electron chi connectivity index (χ2n) is 3.51. The third kappa shape index (κ3) is 2.33. The molecular weight excluding hydrogens is 219 g/mol. The number of para-hydroxylation sites is 1. The van der Waals surface area contributed by atoms with Gasteiger partial charge in [-0.3, -0.25) is 0 Å². The summed E-state index contributed by atoms with van der Waals surface area (Å²) in [7, 11) is 0. The maximum Gasteiger partial charge on any atom is 0.155 e. The molecule has 5 heteroatoms. The third-order valence-electron chi connectivity index (χ3n) is 2.41. The number of hydrogen-bond acceptors (Lipinski definition) is 4. The van der Waals surface area contributed by atoms with Crippen LogP contribution in [0.3, 0.4) is 0 Å². The highest BCUT2D eigenvalue weighted by atomic mass is 19.1. The molecule has 17 heavy (non-hydrogen) atoms. The SMILES string of the molecule is CCN(c1ccc(N)nn1)c1ccccc1F. The van der Waals surface area contributed by atoms with Crippen LogP contribution in [0.4, 0.5) is 21.7 Å². The minimum Gasteiger partial charge on any atom is -0.382 e. The van der Waals surface area contributed by atoms with E-state index in [2.05, 4.69) is 10.2 Å². The van der Waals surface area contributed by atoms with E-state index in [9.17, 15) is 4.39 Å². The van der Waals surface area contributed by atoms with Crippen LogP contribution in [0.15, 0.2) is 36.4 Å². The summed E-state index contributed by atoms with van der Waals surface area (Å²) < 4.78 is 13.7. The van der Waals surface area contributed by atoms with Crippen molar-refractivity contribution in [1.29, 1.82) is 0 Å². The molecule has 0 saturated heterocycles. The first-order chi connectivity index (χ1) is 8.22. The summed E-state index contributed by atoms with van der Waals surface area (Å²) >= 11 is 0. The lowest BCUT2D eigenvalue weighted by atomic mass is 10.2. The Bertz CT molecular complexity index is 498. The molecule has 0 amide bonds. The normalized spacial score (nSPS) is 10.2. The number of rotatable bonds is 3. The van der Waals surface area contributed by atoms with Crippen LogP contribution >= 0.6 is 0 Å². The second kappa shape index (κ2) is 4.78. The van der Waals surface area contributed by atoms with Crippen LogP contribution < -0.4 is 10.6 Å². The van der Waals surface area contributed by atoms with Crippen molar-refractivity contribution in [2.75, 3.05) is 17.2 Å². The van der Waals surface area contributed by atoms with Crippen LogP contribution in [0.25, 0.3) is 0 Å². The largest absolute Gasteiger partial charge is 0.382 e. The van der Waals surface area contributed by atoms with Crippen molar-refractivity contribution in [2.45, 2.75) is 6.92 Å². The molecule has 2 aromatic rings. The first kappa shape index (κ1) is 11.3. The van der Waals surface area contributed by atoms with Crippen LogP contribution in [0.5, 0.6) is 0 Å². The van der Waals surface area contributed by atoms with E-state index >= 15 is 0 Å². The van der Waals surface area contributed by atoms with Crippen LogP contribution in [-0.4, -0.2) is 16.7 Å². The van der Waals surface area contributed by atoms with Crippen LogP contribution in [-0.2, 0) is 0 Å². The Kier molecular flexibility index (Phi) is 3.18. The monoisotopic (exact) mass is 232 g/mol. The van der Waals surface area contributed by atoms with E-state index in [1.807, 2.05) is 6.92 Å². The summed E-state index contributed by atoms with van der Waals surface area (Å²) in [4.78, 5) is 1.74. The molecule has 0 fully saturated rings. The van der Waals surface area contributed by atoms with Crippen molar-refractivity contribution < 1.29 is 4.39 Å². The molecule has 2 N–H and O–H groups in total. The lowest BCUT2D eigenvalue weighted by molar-refractivity contribution is 0.625. The molecule has 4 nitrogen and oxygen atoms in total. The Morgan fingerprint density at radius 1 is 1.18 bits per heavy atom. The van der Waals surface area contributed by atoms with E-state index in [0.29, 0.717) is 23.9 Å². The Hall–Kier alpha value is -2.17. The third-order valence-corrected chi connectivity index (χ3v) is 2.41. The number of nitrogens with zero attached hydrogens (tertiary/aromatic N) is 3. The number of nitrogens with two attached hydrogens (primary N) is 1. The van der Waals surface area contributed by atoms with E-state index < -0.39 is 0 Å². The topological polar surface area (TPSA) is 55.0 Å². The van der Waals surface area contributed by atoms with Gasteiger partial charge in [-0.1, -0.05) is 12.1 Å². The molecule has 0 aliphatic carbocycles. The minimum absolute atomic E-state index is 0.284. The van der Waals surface area contributed by atoms with Gasteiger partial charge in [0.15, 0.2) is 5.82 Å². The molecule has 0 spiro atoms.